The summed E-state index contributed by atoms with van der Waals surface area (Å²) < 4.78 is 33.8. The lowest BCUT2D eigenvalue weighted by molar-refractivity contribution is -0.130. The second-order valence-electron chi connectivity index (χ2n) is 6.02. The van der Waals surface area contributed by atoms with Crippen molar-refractivity contribution in [3.05, 3.63) is 60.2 Å². The lowest BCUT2D eigenvalue weighted by Crippen LogP contribution is -2.26. The number of aryl methyl sites for hydroxylation is 1. The smallest absolute Gasteiger partial charge is 0.387 e. The molecule has 0 unspecified atom stereocenters. The normalized spacial score (nSPS) is 10.9. The van der Waals surface area contributed by atoms with Crippen molar-refractivity contribution in [2.24, 2.45) is 0 Å². The molecule has 0 fully saturated rings. The summed E-state index contributed by atoms with van der Waals surface area (Å²) in [5.74, 6) is 0.803. The van der Waals surface area contributed by atoms with E-state index in [0.717, 1.165) is 11.1 Å². The van der Waals surface area contributed by atoms with E-state index < -0.39 is 6.61 Å². The second-order valence-corrected chi connectivity index (χ2v) is 6.02. The van der Waals surface area contributed by atoms with Crippen LogP contribution in [0.4, 0.5) is 8.78 Å². The third-order valence-corrected chi connectivity index (χ3v) is 3.95. The quantitative estimate of drug-likeness (QED) is 0.589. The molecule has 0 N–H and O–H groups in total. The number of alkyl halides is 2. The van der Waals surface area contributed by atoms with E-state index in [-0.39, 0.29) is 18.1 Å². The lowest BCUT2D eigenvalue weighted by atomic mass is 10.2. The minimum atomic E-state index is -2.86. The van der Waals surface area contributed by atoms with E-state index >= 15 is 0 Å². The van der Waals surface area contributed by atoms with E-state index in [2.05, 4.69) is 19.9 Å². The average molecular weight is 388 g/mol. The van der Waals surface area contributed by atoms with E-state index in [1.165, 1.54) is 12.1 Å². The highest BCUT2D eigenvalue weighted by molar-refractivity contribution is 5.76. The van der Waals surface area contributed by atoms with E-state index in [0.29, 0.717) is 24.7 Å². The standard InChI is InChI=1S/C19H18F2N4O3/c1-25(12-13-2-4-15(5-3-13)27-19(20)21)17(26)7-6-16-23-18(24-28-16)14-8-10-22-11-9-14/h2-5,8-11,19H,6-7,12H2,1H3. The zero-order valence-corrected chi connectivity index (χ0v) is 15.1. The number of amides is 1. The molecule has 0 atom stereocenters. The summed E-state index contributed by atoms with van der Waals surface area (Å²) in [4.78, 5) is 22.1. The molecule has 3 rings (SSSR count). The summed E-state index contributed by atoms with van der Waals surface area (Å²) >= 11 is 0. The molecule has 2 heterocycles. The van der Waals surface area contributed by atoms with Crippen molar-refractivity contribution in [1.82, 2.24) is 20.0 Å². The first-order valence-electron chi connectivity index (χ1n) is 8.52. The Morgan fingerprint density at radius 1 is 1.18 bits per heavy atom. The van der Waals surface area contributed by atoms with Crippen molar-refractivity contribution >= 4 is 5.91 Å². The Labute approximate surface area is 160 Å². The highest BCUT2D eigenvalue weighted by Crippen LogP contribution is 2.17. The van der Waals surface area contributed by atoms with Gasteiger partial charge in [0.2, 0.25) is 17.6 Å². The van der Waals surface area contributed by atoms with Gasteiger partial charge in [-0.25, -0.2) is 0 Å². The van der Waals surface area contributed by atoms with Gasteiger partial charge >= 0.3 is 6.61 Å². The molecule has 0 saturated carbocycles. The number of ether oxygens (including phenoxy) is 1. The summed E-state index contributed by atoms with van der Waals surface area (Å²) in [5, 5.41) is 3.90. The maximum Gasteiger partial charge on any atom is 0.387 e. The molecular formula is C19H18F2N4O3. The van der Waals surface area contributed by atoms with Gasteiger partial charge in [-0.05, 0) is 29.8 Å². The van der Waals surface area contributed by atoms with Gasteiger partial charge in [0.15, 0.2) is 0 Å². The van der Waals surface area contributed by atoms with E-state index in [1.807, 2.05) is 0 Å². The lowest BCUT2D eigenvalue weighted by Gasteiger charge is -2.17. The van der Waals surface area contributed by atoms with Gasteiger partial charge in [0, 0.05) is 44.4 Å². The molecule has 0 saturated heterocycles. The molecule has 28 heavy (non-hydrogen) atoms. The van der Waals surface area contributed by atoms with Crippen molar-refractivity contribution < 1.29 is 22.8 Å². The van der Waals surface area contributed by atoms with Crippen LogP contribution in [-0.2, 0) is 17.8 Å². The second kappa shape index (κ2) is 9.03. The summed E-state index contributed by atoms with van der Waals surface area (Å²) in [6.07, 6.45) is 3.80. The molecule has 3 aromatic rings. The van der Waals surface area contributed by atoms with Crippen LogP contribution in [0.25, 0.3) is 11.4 Å². The first-order valence-corrected chi connectivity index (χ1v) is 8.52. The van der Waals surface area contributed by atoms with E-state index in [4.69, 9.17) is 4.52 Å². The predicted molar refractivity (Wildman–Crippen MR) is 95.4 cm³/mol. The average Bonchev–Trinajstić information content (AvgIpc) is 3.17. The molecule has 0 aliphatic rings. The fraction of sp³-hybridized carbons (Fsp3) is 0.263. The molecule has 0 bridgehead atoms. The van der Waals surface area contributed by atoms with Gasteiger partial charge in [-0.15, -0.1) is 0 Å². The van der Waals surface area contributed by atoms with Gasteiger partial charge in [0.05, 0.1) is 0 Å². The van der Waals surface area contributed by atoms with Gasteiger partial charge in [0.25, 0.3) is 0 Å². The van der Waals surface area contributed by atoms with E-state index in [1.54, 1.807) is 48.6 Å². The van der Waals surface area contributed by atoms with Crippen LogP contribution in [0.1, 0.15) is 17.9 Å². The number of nitrogens with zero attached hydrogens (tertiary/aromatic N) is 4. The molecule has 0 aliphatic carbocycles. The number of rotatable bonds is 8. The zero-order chi connectivity index (χ0) is 19.9. The molecule has 9 heteroatoms. The maximum absolute atomic E-state index is 12.3. The highest BCUT2D eigenvalue weighted by Gasteiger charge is 2.14. The Balaban J connectivity index is 1.50. The molecule has 2 aromatic heterocycles. The number of benzene rings is 1. The summed E-state index contributed by atoms with van der Waals surface area (Å²) in [7, 11) is 1.67. The zero-order valence-electron chi connectivity index (χ0n) is 15.1. The highest BCUT2D eigenvalue weighted by atomic mass is 19.3. The predicted octanol–water partition coefficient (Wildman–Crippen LogP) is 3.32. The molecule has 1 aromatic carbocycles. The van der Waals surface area contributed by atoms with E-state index in [9.17, 15) is 13.6 Å². The molecule has 7 nitrogen and oxygen atoms in total. The van der Waals surface area contributed by atoms with Crippen LogP contribution < -0.4 is 4.74 Å². The maximum atomic E-state index is 12.3. The van der Waals surface area contributed by atoms with Crippen molar-refractivity contribution in [2.45, 2.75) is 26.0 Å². The van der Waals surface area contributed by atoms with Gasteiger partial charge in [-0.1, -0.05) is 17.3 Å². The Kier molecular flexibility index (Phi) is 6.25. The Morgan fingerprint density at radius 2 is 1.89 bits per heavy atom. The van der Waals surface area contributed by atoms with Gasteiger partial charge < -0.3 is 14.2 Å². The van der Waals surface area contributed by atoms with Crippen LogP contribution in [0.15, 0.2) is 53.3 Å². The van der Waals surface area contributed by atoms with Crippen LogP contribution in [0.3, 0.4) is 0 Å². The molecule has 0 spiro atoms. The third-order valence-electron chi connectivity index (χ3n) is 3.95. The van der Waals surface area contributed by atoms with Crippen molar-refractivity contribution in [2.75, 3.05) is 7.05 Å². The van der Waals surface area contributed by atoms with Crippen molar-refractivity contribution in [1.29, 1.82) is 0 Å². The number of carbonyl (C=O) groups excluding carboxylic acids is 1. The number of halogens is 2. The summed E-state index contributed by atoms with van der Waals surface area (Å²) in [6, 6.07) is 9.70. The van der Waals surface area contributed by atoms with Crippen LogP contribution >= 0.6 is 0 Å². The third kappa shape index (κ3) is 5.32. The van der Waals surface area contributed by atoms with Crippen LogP contribution in [0.5, 0.6) is 5.75 Å². The molecular weight excluding hydrogens is 370 g/mol. The fourth-order valence-corrected chi connectivity index (χ4v) is 2.52. The molecule has 1 amide bonds. The number of hydrogen-bond donors (Lipinski definition) is 0. The molecule has 0 aliphatic heterocycles. The number of aromatic nitrogens is 3. The number of hydrogen-bond acceptors (Lipinski definition) is 6. The van der Waals surface area contributed by atoms with Crippen LogP contribution in [0.2, 0.25) is 0 Å². The minimum Gasteiger partial charge on any atom is -0.435 e. The summed E-state index contributed by atoms with van der Waals surface area (Å²) in [6.45, 7) is -2.52. The molecule has 146 valence electrons. The van der Waals surface area contributed by atoms with Crippen molar-refractivity contribution in [3.63, 3.8) is 0 Å². The SMILES string of the molecule is CN(Cc1ccc(OC(F)F)cc1)C(=O)CCc1nc(-c2ccncc2)no1. The minimum absolute atomic E-state index is 0.0779. The first kappa shape index (κ1) is 19.4. The summed E-state index contributed by atoms with van der Waals surface area (Å²) in [5.41, 5.74) is 1.59. The Bertz CT molecular complexity index is 901. The Hall–Kier alpha value is -3.36. The first-order chi connectivity index (χ1) is 13.5. The molecule has 0 radical (unpaired) electrons. The fourth-order valence-electron chi connectivity index (χ4n) is 2.52. The van der Waals surface area contributed by atoms with Gasteiger partial charge in [0.1, 0.15) is 5.75 Å². The number of pyridine rings is 1. The Morgan fingerprint density at radius 3 is 2.57 bits per heavy atom. The monoisotopic (exact) mass is 388 g/mol. The van der Waals surface area contributed by atoms with Crippen LogP contribution in [-0.4, -0.2) is 39.6 Å². The topological polar surface area (TPSA) is 81.4 Å². The number of carbonyl (C=O) groups is 1. The largest absolute Gasteiger partial charge is 0.435 e. The van der Waals surface area contributed by atoms with Crippen molar-refractivity contribution in [3.8, 4) is 17.1 Å². The van der Waals surface area contributed by atoms with Gasteiger partial charge in [-0.2, -0.15) is 13.8 Å². The van der Waals surface area contributed by atoms with Crippen LogP contribution in [0, 0.1) is 0 Å². The van der Waals surface area contributed by atoms with Gasteiger partial charge in [-0.3, -0.25) is 9.78 Å².